The second-order valence-corrected chi connectivity index (χ2v) is 7.49. The number of anilines is 1. The van der Waals surface area contributed by atoms with Gasteiger partial charge in [0.25, 0.3) is 0 Å². The normalized spacial score (nSPS) is 10.6. The number of methoxy groups -OCH3 is 2. The standard InChI is InChI=1S/C24H27FN4O4/c1-32-22-15-19(12-13-20(22)25)29-16-21(27-28-29)17-8-7-9-18(14-17)26-23(30)10-5-3-4-6-11-24(31)33-2/h7-9,12-16H,3-6,10-11H2,1-2H3,(H,26,30). The molecule has 0 saturated heterocycles. The van der Waals surface area contributed by atoms with Gasteiger partial charge < -0.3 is 14.8 Å². The first kappa shape index (κ1) is 23.9. The molecular weight excluding hydrogens is 427 g/mol. The molecule has 8 nitrogen and oxygen atoms in total. The van der Waals surface area contributed by atoms with Gasteiger partial charge in [0.1, 0.15) is 5.69 Å². The molecule has 0 saturated carbocycles. The predicted octanol–water partition coefficient (Wildman–Crippen LogP) is 4.53. The van der Waals surface area contributed by atoms with Gasteiger partial charge in [-0.1, -0.05) is 30.2 Å². The van der Waals surface area contributed by atoms with Crippen LogP contribution in [0.15, 0.2) is 48.7 Å². The van der Waals surface area contributed by atoms with E-state index in [4.69, 9.17) is 4.74 Å². The van der Waals surface area contributed by atoms with E-state index in [1.807, 2.05) is 24.3 Å². The Morgan fingerprint density at radius 3 is 2.58 bits per heavy atom. The van der Waals surface area contributed by atoms with Crippen molar-refractivity contribution in [2.75, 3.05) is 19.5 Å². The highest BCUT2D eigenvalue weighted by atomic mass is 19.1. The van der Waals surface area contributed by atoms with Crippen LogP contribution in [0.3, 0.4) is 0 Å². The Labute approximate surface area is 191 Å². The molecule has 1 aromatic heterocycles. The van der Waals surface area contributed by atoms with Crippen LogP contribution in [-0.4, -0.2) is 41.1 Å². The molecule has 9 heteroatoms. The quantitative estimate of drug-likeness (QED) is 0.338. The number of hydrogen-bond acceptors (Lipinski definition) is 6. The third-order valence-electron chi connectivity index (χ3n) is 5.10. The fourth-order valence-electron chi connectivity index (χ4n) is 3.30. The summed E-state index contributed by atoms with van der Waals surface area (Å²) in [5, 5.41) is 11.2. The average molecular weight is 455 g/mol. The maximum atomic E-state index is 13.7. The molecule has 0 unspecified atom stereocenters. The van der Waals surface area contributed by atoms with E-state index < -0.39 is 5.82 Å². The Morgan fingerprint density at radius 2 is 1.82 bits per heavy atom. The van der Waals surface area contributed by atoms with Crippen molar-refractivity contribution in [3.63, 3.8) is 0 Å². The molecule has 0 fully saturated rings. The minimum absolute atomic E-state index is 0.0674. The van der Waals surface area contributed by atoms with E-state index in [1.165, 1.54) is 25.0 Å². The smallest absolute Gasteiger partial charge is 0.305 e. The van der Waals surface area contributed by atoms with Crippen molar-refractivity contribution >= 4 is 17.6 Å². The van der Waals surface area contributed by atoms with Gasteiger partial charge in [-0.05, 0) is 37.1 Å². The van der Waals surface area contributed by atoms with Crippen LogP contribution in [0.4, 0.5) is 10.1 Å². The molecule has 0 aliphatic carbocycles. The molecule has 1 N–H and O–H groups in total. The first-order valence-electron chi connectivity index (χ1n) is 10.7. The summed E-state index contributed by atoms with van der Waals surface area (Å²) in [5.41, 5.74) is 2.68. The molecule has 174 valence electrons. The minimum atomic E-state index is -0.453. The number of nitrogens with one attached hydrogen (secondary N) is 1. The number of rotatable bonds is 11. The van der Waals surface area contributed by atoms with E-state index in [1.54, 1.807) is 18.3 Å². The number of benzene rings is 2. The monoisotopic (exact) mass is 454 g/mol. The molecule has 1 amide bonds. The topological polar surface area (TPSA) is 95.3 Å². The van der Waals surface area contributed by atoms with Gasteiger partial charge in [0, 0.05) is 30.2 Å². The Kier molecular flexibility index (Phi) is 8.51. The molecule has 0 spiro atoms. The number of esters is 1. The maximum Gasteiger partial charge on any atom is 0.305 e. The summed E-state index contributed by atoms with van der Waals surface area (Å²) in [6, 6.07) is 11.8. The van der Waals surface area contributed by atoms with Gasteiger partial charge in [0.05, 0.1) is 26.1 Å². The van der Waals surface area contributed by atoms with Crippen LogP contribution < -0.4 is 10.1 Å². The molecule has 0 aliphatic rings. The molecule has 33 heavy (non-hydrogen) atoms. The van der Waals surface area contributed by atoms with Gasteiger partial charge in [-0.2, -0.15) is 0 Å². The van der Waals surface area contributed by atoms with Crippen molar-refractivity contribution in [1.29, 1.82) is 0 Å². The van der Waals surface area contributed by atoms with Gasteiger partial charge in [0.15, 0.2) is 11.6 Å². The summed E-state index contributed by atoms with van der Waals surface area (Å²) in [7, 11) is 2.78. The molecular formula is C24H27FN4O4. The maximum absolute atomic E-state index is 13.7. The second-order valence-electron chi connectivity index (χ2n) is 7.49. The van der Waals surface area contributed by atoms with Crippen molar-refractivity contribution < 1.29 is 23.5 Å². The first-order valence-corrected chi connectivity index (χ1v) is 10.7. The number of aromatic nitrogens is 3. The third-order valence-corrected chi connectivity index (χ3v) is 5.10. The van der Waals surface area contributed by atoms with E-state index in [9.17, 15) is 14.0 Å². The van der Waals surface area contributed by atoms with E-state index >= 15 is 0 Å². The van der Waals surface area contributed by atoms with E-state index in [0.717, 1.165) is 31.2 Å². The van der Waals surface area contributed by atoms with Crippen LogP contribution in [0.5, 0.6) is 5.75 Å². The lowest BCUT2D eigenvalue weighted by molar-refractivity contribution is -0.140. The Balaban J connectivity index is 1.55. The highest BCUT2D eigenvalue weighted by Gasteiger charge is 2.10. The van der Waals surface area contributed by atoms with Crippen molar-refractivity contribution in [2.45, 2.75) is 38.5 Å². The summed E-state index contributed by atoms with van der Waals surface area (Å²) in [5.74, 6) is -0.601. The van der Waals surface area contributed by atoms with Gasteiger partial charge in [-0.25, -0.2) is 9.07 Å². The lowest BCUT2D eigenvalue weighted by atomic mass is 10.1. The van der Waals surface area contributed by atoms with E-state index in [-0.39, 0.29) is 17.6 Å². The minimum Gasteiger partial charge on any atom is -0.494 e. The number of carbonyl (C=O) groups excluding carboxylic acids is 2. The zero-order valence-electron chi connectivity index (χ0n) is 18.7. The van der Waals surface area contributed by atoms with Crippen molar-refractivity contribution in [3.05, 3.63) is 54.5 Å². The Bertz CT molecular complexity index is 1100. The van der Waals surface area contributed by atoms with Crippen LogP contribution in [0.1, 0.15) is 38.5 Å². The SMILES string of the molecule is COC(=O)CCCCCCC(=O)Nc1cccc(-c2cn(-c3ccc(F)c(OC)c3)nn2)c1. The van der Waals surface area contributed by atoms with Gasteiger partial charge in [-0.3, -0.25) is 9.59 Å². The van der Waals surface area contributed by atoms with E-state index in [2.05, 4.69) is 20.4 Å². The van der Waals surface area contributed by atoms with Gasteiger partial charge in [-0.15, -0.1) is 5.10 Å². The predicted molar refractivity (Wildman–Crippen MR) is 122 cm³/mol. The third kappa shape index (κ3) is 6.86. The van der Waals surface area contributed by atoms with Crippen LogP contribution in [0.2, 0.25) is 0 Å². The van der Waals surface area contributed by atoms with Crippen molar-refractivity contribution in [1.82, 2.24) is 15.0 Å². The lowest BCUT2D eigenvalue weighted by Crippen LogP contribution is -2.11. The molecule has 3 rings (SSSR count). The Hall–Kier alpha value is -3.75. The van der Waals surface area contributed by atoms with Crippen LogP contribution >= 0.6 is 0 Å². The first-order chi connectivity index (χ1) is 16.0. The fraction of sp³-hybridized carbons (Fsp3) is 0.333. The largest absolute Gasteiger partial charge is 0.494 e. The van der Waals surface area contributed by atoms with E-state index in [0.29, 0.717) is 29.9 Å². The fourth-order valence-corrected chi connectivity index (χ4v) is 3.30. The summed E-state index contributed by atoms with van der Waals surface area (Å²) >= 11 is 0. The molecule has 0 aliphatic heterocycles. The number of ether oxygens (including phenoxy) is 2. The summed E-state index contributed by atoms with van der Waals surface area (Å²) in [6.45, 7) is 0. The van der Waals surface area contributed by atoms with Crippen molar-refractivity contribution in [3.8, 4) is 22.7 Å². The number of halogens is 1. The second kappa shape index (κ2) is 11.8. The summed E-state index contributed by atoms with van der Waals surface area (Å²) in [4.78, 5) is 23.3. The summed E-state index contributed by atoms with van der Waals surface area (Å²) in [6.07, 6.45) is 5.82. The molecule has 0 radical (unpaired) electrons. The molecule has 0 atom stereocenters. The zero-order chi connectivity index (χ0) is 23.6. The molecule has 2 aromatic carbocycles. The highest BCUT2D eigenvalue weighted by Crippen LogP contribution is 2.24. The number of carbonyl (C=O) groups is 2. The van der Waals surface area contributed by atoms with Crippen LogP contribution in [0.25, 0.3) is 16.9 Å². The molecule has 1 heterocycles. The zero-order valence-corrected chi connectivity index (χ0v) is 18.7. The number of nitrogens with zero attached hydrogens (tertiary/aromatic N) is 3. The van der Waals surface area contributed by atoms with Gasteiger partial charge >= 0.3 is 5.97 Å². The van der Waals surface area contributed by atoms with Crippen LogP contribution in [-0.2, 0) is 14.3 Å². The number of amides is 1. The lowest BCUT2D eigenvalue weighted by Gasteiger charge is -2.07. The molecule has 3 aromatic rings. The number of hydrogen-bond donors (Lipinski definition) is 1. The highest BCUT2D eigenvalue weighted by molar-refractivity contribution is 5.91. The molecule has 0 bridgehead atoms. The van der Waals surface area contributed by atoms with Crippen LogP contribution in [0, 0.1) is 5.82 Å². The average Bonchev–Trinajstić information content (AvgIpc) is 3.32. The van der Waals surface area contributed by atoms with Gasteiger partial charge in [0.2, 0.25) is 5.91 Å². The van der Waals surface area contributed by atoms with Crippen molar-refractivity contribution in [2.24, 2.45) is 0 Å². The summed E-state index contributed by atoms with van der Waals surface area (Å²) < 4.78 is 24.8. The Morgan fingerprint density at radius 1 is 1.03 bits per heavy atom. The number of unbranched alkanes of at least 4 members (excludes halogenated alkanes) is 3.